The molecule has 0 aliphatic rings. The molecule has 0 saturated carbocycles. The SMILES string of the molecule is CN(CCC(O[Si](c1ccccc1)(c1ccccc1)C(C)(C)C)C(=O)O)C(=O)OC(C)(C)C. The molecule has 180 valence electrons. The van der Waals surface area contributed by atoms with Crippen molar-refractivity contribution >= 4 is 30.8 Å². The summed E-state index contributed by atoms with van der Waals surface area (Å²) >= 11 is 0. The van der Waals surface area contributed by atoms with Crippen LogP contribution in [0.25, 0.3) is 0 Å². The van der Waals surface area contributed by atoms with Gasteiger partial charge in [-0.2, -0.15) is 0 Å². The summed E-state index contributed by atoms with van der Waals surface area (Å²) < 4.78 is 12.1. The van der Waals surface area contributed by atoms with Crippen LogP contribution in [0, 0.1) is 0 Å². The molecule has 0 fully saturated rings. The lowest BCUT2D eigenvalue weighted by Crippen LogP contribution is -2.68. The smallest absolute Gasteiger partial charge is 0.410 e. The van der Waals surface area contributed by atoms with E-state index in [2.05, 4.69) is 20.8 Å². The molecule has 6 nitrogen and oxygen atoms in total. The van der Waals surface area contributed by atoms with Gasteiger partial charge in [0.25, 0.3) is 8.32 Å². The number of carbonyl (C=O) groups excluding carboxylic acids is 1. The Morgan fingerprint density at radius 3 is 1.73 bits per heavy atom. The van der Waals surface area contributed by atoms with E-state index in [0.717, 1.165) is 10.4 Å². The van der Waals surface area contributed by atoms with Gasteiger partial charge in [-0.25, -0.2) is 9.59 Å². The summed E-state index contributed by atoms with van der Waals surface area (Å²) in [5, 5.41) is 11.8. The van der Waals surface area contributed by atoms with Crippen LogP contribution in [-0.2, 0) is 14.0 Å². The molecule has 7 heteroatoms. The molecule has 0 aromatic heterocycles. The zero-order valence-corrected chi connectivity index (χ0v) is 21.8. The van der Waals surface area contributed by atoms with Crippen LogP contribution < -0.4 is 10.4 Å². The normalized spacial score (nSPS) is 13.3. The zero-order chi connectivity index (χ0) is 24.9. The van der Waals surface area contributed by atoms with Gasteiger partial charge in [-0.15, -0.1) is 0 Å². The van der Waals surface area contributed by atoms with Crippen molar-refractivity contribution in [2.75, 3.05) is 13.6 Å². The Labute approximate surface area is 198 Å². The van der Waals surface area contributed by atoms with E-state index in [0.29, 0.717) is 0 Å². The lowest BCUT2D eigenvalue weighted by molar-refractivity contribution is -0.146. The number of aliphatic carboxylic acids is 1. The molecule has 0 aliphatic carbocycles. The van der Waals surface area contributed by atoms with Gasteiger partial charge in [0.15, 0.2) is 0 Å². The number of nitrogens with zero attached hydrogens (tertiary/aromatic N) is 1. The Morgan fingerprint density at radius 2 is 1.36 bits per heavy atom. The molecule has 0 spiro atoms. The molecule has 0 saturated heterocycles. The first-order valence-electron chi connectivity index (χ1n) is 11.2. The van der Waals surface area contributed by atoms with E-state index in [1.807, 2.05) is 60.7 Å². The third-order valence-corrected chi connectivity index (χ3v) is 10.5. The molecule has 1 unspecified atom stereocenters. The van der Waals surface area contributed by atoms with Gasteiger partial charge >= 0.3 is 12.1 Å². The zero-order valence-electron chi connectivity index (χ0n) is 20.8. The predicted octanol–water partition coefficient (Wildman–Crippen LogP) is 4.27. The van der Waals surface area contributed by atoms with Crippen molar-refractivity contribution in [3.8, 4) is 0 Å². The first-order valence-corrected chi connectivity index (χ1v) is 13.1. The highest BCUT2D eigenvalue weighted by atomic mass is 28.4. The number of ether oxygens (including phenoxy) is 1. The molecular weight excluding hydrogens is 434 g/mol. The van der Waals surface area contributed by atoms with Crippen molar-refractivity contribution < 1.29 is 23.9 Å². The minimum Gasteiger partial charge on any atom is -0.479 e. The van der Waals surface area contributed by atoms with Gasteiger partial charge in [-0.3, -0.25) is 0 Å². The van der Waals surface area contributed by atoms with Crippen LogP contribution in [0.4, 0.5) is 4.79 Å². The number of benzene rings is 2. The highest BCUT2D eigenvalue weighted by Crippen LogP contribution is 2.37. The van der Waals surface area contributed by atoms with E-state index >= 15 is 0 Å². The molecule has 1 atom stereocenters. The number of hydrogen-bond donors (Lipinski definition) is 1. The second-order valence-corrected chi connectivity index (χ2v) is 14.6. The molecule has 0 bridgehead atoms. The topological polar surface area (TPSA) is 76.1 Å². The third kappa shape index (κ3) is 6.68. The molecule has 2 aromatic rings. The van der Waals surface area contributed by atoms with Gasteiger partial charge in [0.2, 0.25) is 0 Å². The summed E-state index contributed by atoms with van der Waals surface area (Å²) in [6.07, 6.45) is -1.42. The lowest BCUT2D eigenvalue weighted by atomic mass is 10.2. The molecule has 0 radical (unpaired) electrons. The average molecular weight is 472 g/mol. The predicted molar refractivity (Wildman–Crippen MR) is 134 cm³/mol. The van der Waals surface area contributed by atoms with E-state index in [1.54, 1.807) is 27.8 Å². The van der Waals surface area contributed by atoms with E-state index < -0.39 is 32.1 Å². The fourth-order valence-corrected chi connectivity index (χ4v) is 8.54. The molecular formula is C26H37NO5Si. The van der Waals surface area contributed by atoms with Crippen molar-refractivity contribution in [2.45, 2.75) is 64.7 Å². The Balaban J connectivity index is 2.43. The van der Waals surface area contributed by atoms with E-state index in [9.17, 15) is 14.7 Å². The Bertz CT molecular complexity index is 880. The fraction of sp³-hybridized carbons (Fsp3) is 0.462. The monoisotopic (exact) mass is 471 g/mol. The molecule has 0 aliphatic heterocycles. The summed E-state index contributed by atoms with van der Waals surface area (Å²) in [6.45, 7) is 11.9. The summed E-state index contributed by atoms with van der Waals surface area (Å²) in [5.41, 5.74) is -0.622. The maximum Gasteiger partial charge on any atom is 0.410 e. The third-order valence-electron chi connectivity index (χ3n) is 5.44. The van der Waals surface area contributed by atoms with E-state index in [4.69, 9.17) is 9.16 Å². The second-order valence-electron chi connectivity index (χ2n) is 10.3. The number of carboxylic acids is 1. The minimum absolute atomic E-state index is 0.148. The lowest BCUT2D eigenvalue weighted by Gasteiger charge is -2.44. The fourth-order valence-electron chi connectivity index (χ4n) is 3.88. The summed E-state index contributed by atoms with van der Waals surface area (Å²) in [6, 6.07) is 19.8. The first kappa shape index (κ1) is 26.6. The second kappa shape index (κ2) is 10.5. The van der Waals surface area contributed by atoms with Gasteiger partial charge in [0.1, 0.15) is 11.7 Å². The summed E-state index contributed by atoms with van der Waals surface area (Å²) in [4.78, 5) is 26.1. The van der Waals surface area contributed by atoms with Crippen LogP contribution in [0.15, 0.2) is 60.7 Å². The highest BCUT2D eigenvalue weighted by molar-refractivity contribution is 6.99. The molecule has 2 aromatic carbocycles. The Kier molecular flexibility index (Phi) is 8.49. The summed E-state index contributed by atoms with van der Waals surface area (Å²) in [5.74, 6) is -1.04. The van der Waals surface area contributed by atoms with Crippen LogP contribution in [0.1, 0.15) is 48.0 Å². The number of rotatable bonds is 8. The molecule has 33 heavy (non-hydrogen) atoms. The van der Waals surface area contributed by atoms with Gasteiger partial charge in [-0.05, 0) is 36.2 Å². The van der Waals surface area contributed by atoms with E-state index in [1.165, 1.54) is 4.90 Å². The van der Waals surface area contributed by atoms with E-state index in [-0.39, 0.29) is 18.0 Å². The van der Waals surface area contributed by atoms with Gasteiger partial charge in [0, 0.05) is 20.0 Å². The van der Waals surface area contributed by atoms with Crippen LogP contribution in [-0.4, -0.2) is 55.7 Å². The molecule has 1 N–H and O–H groups in total. The standard InChI is InChI=1S/C26H37NO5Si/c1-25(2,3)31-24(30)27(7)19-18-22(23(28)29)32-33(26(4,5)6,20-14-10-8-11-15-20)21-16-12-9-13-17-21/h8-17,22H,18-19H2,1-7H3,(H,28,29). The maximum absolute atomic E-state index is 12.4. The molecule has 0 heterocycles. The van der Waals surface area contributed by atoms with Crippen LogP contribution in [0.2, 0.25) is 5.04 Å². The van der Waals surface area contributed by atoms with Gasteiger partial charge in [0.05, 0.1) is 0 Å². The van der Waals surface area contributed by atoms with Crippen molar-refractivity contribution in [3.05, 3.63) is 60.7 Å². The minimum atomic E-state index is -3.03. The van der Waals surface area contributed by atoms with Crippen molar-refractivity contribution in [3.63, 3.8) is 0 Å². The van der Waals surface area contributed by atoms with Gasteiger partial charge < -0.3 is 19.2 Å². The number of amides is 1. The first-order chi connectivity index (χ1) is 15.3. The van der Waals surface area contributed by atoms with Crippen molar-refractivity contribution in [1.82, 2.24) is 4.90 Å². The Morgan fingerprint density at radius 1 is 0.909 bits per heavy atom. The number of carboxylic acid groups (broad SMARTS) is 1. The molecule has 1 amide bonds. The van der Waals surface area contributed by atoms with Crippen LogP contribution >= 0.6 is 0 Å². The number of hydrogen-bond acceptors (Lipinski definition) is 4. The molecule has 2 rings (SSSR count). The van der Waals surface area contributed by atoms with Crippen molar-refractivity contribution in [2.24, 2.45) is 0 Å². The Hall–Kier alpha value is -2.64. The van der Waals surface area contributed by atoms with Crippen molar-refractivity contribution in [1.29, 1.82) is 0 Å². The summed E-state index contributed by atoms with van der Waals surface area (Å²) in [7, 11) is -1.42. The largest absolute Gasteiger partial charge is 0.479 e. The van der Waals surface area contributed by atoms with Crippen LogP contribution in [0.5, 0.6) is 0 Å². The van der Waals surface area contributed by atoms with Gasteiger partial charge in [-0.1, -0.05) is 81.4 Å². The number of carbonyl (C=O) groups is 2. The van der Waals surface area contributed by atoms with Crippen LogP contribution in [0.3, 0.4) is 0 Å². The maximum atomic E-state index is 12.4. The average Bonchev–Trinajstić information content (AvgIpc) is 2.72. The quantitative estimate of drug-likeness (QED) is 0.582. The highest BCUT2D eigenvalue weighted by Gasteiger charge is 2.52.